The smallest absolute Gasteiger partial charge is 0.227 e. The van der Waals surface area contributed by atoms with Crippen LogP contribution in [0, 0.1) is 23.7 Å². The molecule has 4 rings (SSSR count). The molecule has 26 heavy (non-hydrogen) atoms. The summed E-state index contributed by atoms with van der Waals surface area (Å²) >= 11 is 0. The third-order valence-corrected chi connectivity index (χ3v) is 7.36. The summed E-state index contributed by atoms with van der Waals surface area (Å²) in [4.78, 5) is 29.7. The van der Waals surface area contributed by atoms with Crippen LogP contribution >= 0.6 is 12.4 Å². The SMILES string of the molecule is Cl.NC1C2CCC(C2)C1C(=O)N1CCCN(C(=O)CC2CCCC2)CC1. The summed E-state index contributed by atoms with van der Waals surface area (Å²) in [7, 11) is 0. The maximum atomic E-state index is 13.1. The van der Waals surface area contributed by atoms with Crippen LogP contribution in [-0.4, -0.2) is 53.8 Å². The number of rotatable bonds is 3. The van der Waals surface area contributed by atoms with Gasteiger partial charge in [0.05, 0.1) is 5.92 Å². The Kier molecular flexibility index (Phi) is 6.50. The maximum absolute atomic E-state index is 13.1. The molecule has 0 aromatic heterocycles. The van der Waals surface area contributed by atoms with Crippen LogP contribution < -0.4 is 5.73 Å². The van der Waals surface area contributed by atoms with E-state index in [1.54, 1.807) is 0 Å². The van der Waals surface area contributed by atoms with Gasteiger partial charge in [-0.3, -0.25) is 9.59 Å². The average Bonchev–Trinajstić information content (AvgIpc) is 3.29. The van der Waals surface area contributed by atoms with Crippen molar-refractivity contribution in [2.75, 3.05) is 26.2 Å². The molecule has 3 saturated carbocycles. The second-order valence-electron chi connectivity index (χ2n) is 8.85. The molecular weight excluding hydrogens is 350 g/mol. The summed E-state index contributed by atoms with van der Waals surface area (Å²) in [6.45, 7) is 2.98. The number of fused-ring (bicyclic) bond motifs is 2. The Morgan fingerprint density at radius 1 is 0.846 bits per heavy atom. The summed E-state index contributed by atoms with van der Waals surface area (Å²) in [5, 5.41) is 0. The Morgan fingerprint density at radius 2 is 1.50 bits per heavy atom. The average molecular weight is 384 g/mol. The lowest BCUT2D eigenvalue weighted by Gasteiger charge is -2.32. The minimum Gasteiger partial charge on any atom is -0.341 e. The number of nitrogens with two attached hydrogens (primary N) is 1. The van der Waals surface area contributed by atoms with Crippen molar-refractivity contribution in [1.29, 1.82) is 0 Å². The van der Waals surface area contributed by atoms with E-state index in [0.29, 0.717) is 43.2 Å². The molecule has 4 aliphatic rings. The lowest BCUT2D eigenvalue weighted by atomic mass is 9.84. The largest absolute Gasteiger partial charge is 0.341 e. The van der Waals surface area contributed by atoms with Crippen molar-refractivity contribution in [3.05, 3.63) is 0 Å². The fourth-order valence-electron chi connectivity index (χ4n) is 5.89. The molecule has 148 valence electrons. The van der Waals surface area contributed by atoms with Crippen molar-refractivity contribution in [1.82, 2.24) is 9.80 Å². The molecule has 0 aromatic rings. The summed E-state index contributed by atoms with van der Waals surface area (Å²) in [5.74, 6) is 2.29. The van der Waals surface area contributed by atoms with E-state index in [1.165, 1.54) is 38.5 Å². The first kappa shape index (κ1) is 19.9. The molecule has 6 heteroatoms. The highest BCUT2D eigenvalue weighted by Crippen LogP contribution is 2.48. The lowest BCUT2D eigenvalue weighted by Crippen LogP contribution is -2.48. The number of nitrogens with zero attached hydrogens (tertiary/aromatic N) is 2. The van der Waals surface area contributed by atoms with E-state index in [-0.39, 0.29) is 30.3 Å². The van der Waals surface area contributed by atoms with Gasteiger partial charge in [0, 0.05) is 38.6 Å². The van der Waals surface area contributed by atoms with E-state index in [0.717, 1.165) is 25.9 Å². The molecule has 0 spiro atoms. The number of halogens is 1. The van der Waals surface area contributed by atoms with Crippen LogP contribution in [0.5, 0.6) is 0 Å². The predicted molar refractivity (Wildman–Crippen MR) is 104 cm³/mol. The van der Waals surface area contributed by atoms with Gasteiger partial charge in [-0.05, 0) is 56.3 Å². The van der Waals surface area contributed by atoms with Crippen LogP contribution in [0.3, 0.4) is 0 Å². The van der Waals surface area contributed by atoms with Crippen LogP contribution in [-0.2, 0) is 9.59 Å². The predicted octanol–water partition coefficient (Wildman–Crippen LogP) is 2.42. The highest BCUT2D eigenvalue weighted by atomic mass is 35.5. The number of carbonyl (C=O) groups excluding carboxylic acids is 2. The van der Waals surface area contributed by atoms with Gasteiger partial charge in [0.2, 0.25) is 11.8 Å². The zero-order chi connectivity index (χ0) is 17.4. The van der Waals surface area contributed by atoms with Crippen LogP contribution in [0.15, 0.2) is 0 Å². The van der Waals surface area contributed by atoms with Gasteiger partial charge >= 0.3 is 0 Å². The molecule has 0 radical (unpaired) electrons. The summed E-state index contributed by atoms with van der Waals surface area (Å²) in [5.41, 5.74) is 6.37. The van der Waals surface area contributed by atoms with Gasteiger partial charge in [-0.15, -0.1) is 12.4 Å². The topological polar surface area (TPSA) is 66.6 Å². The minimum absolute atomic E-state index is 0. The monoisotopic (exact) mass is 383 g/mol. The molecule has 2 bridgehead atoms. The Bertz CT molecular complexity index is 521. The van der Waals surface area contributed by atoms with Crippen molar-refractivity contribution in [2.45, 2.75) is 63.8 Å². The van der Waals surface area contributed by atoms with Crippen LogP contribution in [0.2, 0.25) is 0 Å². The van der Waals surface area contributed by atoms with E-state index in [9.17, 15) is 9.59 Å². The summed E-state index contributed by atoms with van der Waals surface area (Å²) < 4.78 is 0. The maximum Gasteiger partial charge on any atom is 0.227 e. The number of hydrogen-bond donors (Lipinski definition) is 1. The van der Waals surface area contributed by atoms with Crippen molar-refractivity contribution >= 4 is 24.2 Å². The highest BCUT2D eigenvalue weighted by Gasteiger charge is 2.50. The van der Waals surface area contributed by atoms with Crippen LogP contribution in [0.1, 0.15) is 57.8 Å². The fraction of sp³-hybridized carbons (Fsp3) is 0.900. The third kappa shape index (κ3) is 3.89. The van der Waals surface area contributed by atoms with E-state index in [4.69, 9.17) is 5.73 Å². The Hall–Kier alpha value is -0.810. The zero-order valence-electron chi connectivity index (χ0n) is 15.8. The van der Waals surface area contributed by atoms with Crippen LogP contribution in [0.4, 0.5) is 0 Å². The van der Waals surface area contributed by atoms with Gasteiger partial charge in [-0.1, -0.05) is 12.8 Å². The molecular formula is C20H34ClN3O2. The van der Waals surface area contributed by atoms with E-state index < -0.39 is 0 Å². The summed E-state index contributed by atoms with van der Waals surface area (Å²) in [6.07, 6.45) is 10.1. The van der Waals surface area contributed by atoms with Crippen molar-refractivity contribution in [3.8, 4) is 0 Å². The van der Waals surface area contributed by atoms with Gasteiger partial charge in [-0.2, -0.15) is 0 Å². The molecule has 1 aliphatic heterocycles. The Morgan fingerprint density at radius 3 is 2.19 bits per heavy atom. The molecule has 0 aromatic carbocycles. The Labute approximate surface area is 163 Å². The van der Waals surface area contributed by atoms with E-state index >= 15 is 0 Å². The van der Waals surface area contributed by atoms with Crippen LogP contribution in [0.25, 0.3) is 0 Å². The van der Waals surface area contributed by atoms with Gasteiger partial charge < -0.3 is 15.5 Å². The molecule has 4 fully saturated rings. The lowest BCUT2D eigenvalue weighted by molar-refractivity contribution is -0.138. The normalized spacial score (nSPS) is 34.7. The number of amides is 2. The van der Waals surface area contributed by atoms with E-state index in [2.05, 4.69) is 0 Å². The van der Waals surface area contributed by atoms with Crippen molar-refractivity contribution < 1.29 is 9.59 Å². The van der Waals surface area contributed by atoms with Gasteiger partial charge in [0.1, 0.15) is 0 Å². The second-order valence-corrected chi connectivity index (χ2v) is 8.85. The zero-order valence-corrected chi connectivity index (χ0v) is 16.6. The molecule has 1 saturated heterocycles. The molecule has 2 N–H and O–H groups in total. The summed E-state index contributed by atoms with van der Waals surface area (Å²) in [6, 6.07) is 0.0644. The quantitative estimate of drug-likeness (QED) is 0.813. The highest BCUT2D eigenvalue weighted by molar-refractivity contribution is 5.85. The fourth-order valence-corrected chi connectivity index (χ4v) is 5.89. The molecule has 4 unspecified atom stereocenters. The van der Waals surface area contributed by atoms with Crippen molar-refractivity contribution in [3.63, 3.8) is 0 Å². The first-order valence-corrected chi connectivity index (χ1v) is 10.5. The van der Waals surface area contributed by atoms with Gasteiger partial charge in [0.25, 0.3) is 0 Å². The first-order valence-electron chi connectivity index (χ1n) is 10.5. The molecule has 2 amide bonds. The molecule has 5 nitrogen and oxygen atoms in total. The molecule has 4 atom stereocenters. The number of carbonyl (C=O) groups is 2. The Balaban J connectivity index is 0.00000196. The number of hydrogen-bond acceptors (Lipinski definition) is 3. The first-order chi connectivity index (χ1) is 12.1. The molecule has 1 heterocycles. The molecule has 3 aliphatic carbocycles. The van der Waals surface area contributed by atoms with Gasteiger partial charge in [0.15, 0.2) is 0 Å². The van der Waals surface area contributed by atoms with Gasteiger partial charge in [-0.25, -0.2) is 0 Å². The second kappa shape index (κ2) is 8.47. The minimum atomic E-state index is 0. The van der Waals surface area contributed by atoms with Crippen molar-refractivity contribution in [2.24, 2.45) is 29.4 Å². The third-order valence-electron chi connectivity index (χ3n) is 7.36. The standard InChI is InChI=1S/C20H33N3O2.ClH/c21-19-16-7-6-15(13-16)18(19)20(25)23-9-3-8-22(10-11-23)17(24)12-14-4-1-2-5-14;/h14-16,18-19H,1-13,21H2;1H. The van der Waals surface area contributed by atoms with E-state index in [1.807, 2.05) is 9.80 Å².